The third-order valence-corrected chi connectivity index (χ3v) is 3.37. The minimum Gasteiger partial charge on any atom is -0.253 e. The second kappa shape index (κ2) is 6.36. The average molecular weight is 349 g/mol. The molecule has 1 aromatic carbocycles. The van der Waals surface area contributed by atoms with Crippen LogP contribution in [0.25, 0.3) is 11.5 Å². The number of aromatic amines is 1. The Hall–Kier alpha value is -2.81. The van der Waals surface area contributed by atoms with E-state index in [0.717, 1.165) is 12.1 Å². The number of benzene rings is 1. The summed E-state index contributed by atoms with van der Waals surface area (Å²) in [7, 11) is 0. The van der Waals surface area contributed by atoms with Crippen molar-refractivity contribution in [3.8, 4) is 11.5 Å². The van der Waals surface area contributed by atoms with Crippen molar-refractivity contribution in [3.05, 3.63) is 64.6 Å². The van der Waals surface area contributed by atoms with Crippen LogP contribution in [0.4, 0.5) is 13.2 Å². The van der Waals surface area contributed by atoms with Crippen LogP contribution < -0.4 is 0 Å². The van der Waals surface area contributed by atoms with Gasteiger partial charge in [-0.15, -0.1) is 0 Å². The van der Waals surface area contributed by atoms with E-state index in [-0.39, 0.29) is 4.77 Å². The first-order valence-electron chi connectivity index (χ1n) is 6.75. The molecule has 122 valence electrons. The van der Waals surface area contributed by atoms with Crippen molar-refractivity contribution in [2.24, 2.45) is 5.10 Å². The Balaban J connectivity index is 1.91. The number of nitrogens with one attached hydrogen (secondary N) is 1. The predicted octanol–water partition coefficient (Wildman–Crippen LogP) is 3.90. The number of nitrogens with zero attached hydrogens (tertiary/aromatic N) is 4. The van der Waals surface area contributed by atoms with Gasteiger partial charge in [0.05, 0.1) is 11.8 Å². The smallest absolute Gasteiger partial charge is 0.253 e. The van der Waals surface area contributed by atoms with Gasteiger partial charge in [0.1, 0.15) is 5.69 Å². The highest BCUT2D eigenvalue weighted by atomic mass is 32.1. The first-order chi connectivity index (χ1) is 11.4. The number of hydrogen-bond donors (Lipinski definition) is 1. The molecule has 0 saturated carbocycles. The first-order valence-corrected chi connectivity index (χ1v) is 7.16. The van der Waals surface area contributed by atoms with Crippen molar-refractivity contribution in [2.75, 3.05) is 0 Å². The van der Waals surface area contributed by atoms with Gasteiger partial charge in [0, 0.05) is 6.20 Å². The van der Waals surface area contributed by atoms with Gasteiger partial charge in [-0.2, -0.15) is 28.0 Å². The van der Waals surface area contributed by atoms with Crippen molar-refractivity contribution in [2.45, 2.75) is 6.18 Å². The Morgan fingerprint density at radius 2 is 1.88 bits per heavy atom. The van der Waals surface area contributed by atoms with E-state index >= 15 is 0 Å². The topological polar surface area (TPSA) is 58.9 Å². The lowest BCUT2D eigenvalue weighted by Gasteiger charge is -2.05. The maximum atomic E-state index is 12.6. The molecule has 3 rings (SSSR count). The van der Waals surface area contributed by atoms with Crippen LogP contribution in [-0.2, 0) is 6.18 Å². The fourth-order valence-corrected chi connectivity index (χ4v) is 2.12. The predicted molar refractivity (Wildman–Crippen MR) is 85.1 cm³/mol. The normalized spacial score (nSPS) is 12.0. The van der Waals surface area contributed by atoms with Crippen molar-refractivity contribution in [1.29, 1.82) is 0 Å². The van der Waals surface area contributed by atoms with Crippen molar-refractivity contribution in [1.82, 2.24) is 19.9 Å². The highest BCUT2D eigenvalue weighted by Gasteiger charge is 2.29. The lowest BCUT2D eigenvalue weighted by molar-refractivity contribution is -0.137. The fourth-order valence-electron chi connectivity index (χ4n) is 1.94. The van der Waals surface area contributed by atoms with E-state index < -0.39 is 11.7 Å². The standard InChI is InChI=1S/C15H10F3N5S/c16-15(17,18)11-6-4-10(5-7-11)9-20-23-13(21-22-14(23)24)12-3-1-2-8-19-12/h1-9H,(H,22,24). The zero-order valence-electron chi connectivity index (χ0n) is 12.0. The quantitative estimate of drug-likeness (QED) is 0.576. The molecule has 0 fully saturated rings. The van der Waals surface area contributed by atoms with Gasteiger partial charge in [-0.3, -0.25) is 4.98 Å². The van der Waals surface area contributed by atoms with Gasteiger partial charge >= 0.3 is 6.18 Å². The molecule has 0 bridgehead atoms. The van der Waals surface area contributed by atoms with Crippen LogP contribution in [-0.4, -0.2) is 26.1 Å². The molecule has 3 aromatic rings. The van der Waals surface area contributed by atoms with Crippen LogP contribution in [0.3, 0.4) is 0 Å². The second-order valence-electron chi connectivity index (χ2n) is 4.74. The molecule has 2 aromatic heterocycles. The SMILES string of the molecule is FC(F)(F)c1ccc(C=Nn2c(-c3ccccn3)n[nH]c2=S)cc1. The van der Waals surface area contributed by atoms with Gasteiger partial charge in [-0.05, 0) is 42.0 Å². The Bertz CT molecular complexity index is 911. The van der Waals surface area contributed by atoms with Crippen LogP contribution in [0, 0.1) is 4.77 Å². The number of alkyl halides is 3. The summed E-state index contributed by atoms with van der Waals surface area (Å²) in [6.45, 7) is 0. The van der Waals surface area contributed by atoms with E-state index in [4.69, 9.17) is 12.2 Å². The molecule has 0 amide bonds. The molecule has 0 aliphatic carbocycles. The van der Waals surface area contributed by atoms with Gasteiger partial charge in [0.25, 0.3) is 0 Å². The Labute approximate surface area is 139 Å². The number of hydrogen-bond acceptors (Lipinski definition) is 4. The summed E-state index contributed by atoms with van der Waals surface area (Å²) in [6, 6.07) is 9.96. The summed E-state index contributed by atoms with van der Waals surface area (Å²) in [5, 5.41) is 10.9. The maximum Gasteiger partial charge on any atom is 0.416 e. The lowest BCUT2D eigenvalue weighted by atomic mass is 10.1. The van der Waals surface area contributed by atoms with Crippen LogP contribution in [0.2, 0.25) is 0 Å². The molecule has 2 heterocycles. The largest absolute Gasteiger partial charge is 0.416 e. The molecule has 0 aliphatic heterocycles. The van der Waals surface area contributed by atoms with Crippen LogP contribution in [0.5, 0.6) is 0 Å². The van der Waals surface area contributed by atoms with Crippen molar-refractivity contribution >= 4 is 18.4 Å². The van der Waals surface area contributed by atoms with Crippen LogP contribution in [0.15, 0.2) is 53.8 Å². The summed E-state index contributed by atoms with van der Waals surface area (Å²) in [5.74, 6) is 0.406. The molecule has 5 nitrogen and oxygen atoms in total. The number of H-pyrrole nitrogens is 1. The number of rotatable bonds is 3. The molecule has 9 heteroatoms. The van der Waals surface area contributed by atoms with E-state index in [0.29, 0.717) is 17.1 Å². The van der Waals surface area contributed by atoms with Crippen molar-refractivity contribution < 1.29 is 13.2 Å². The van der Waals surface area contributed by atoms with E-state index in [1.54, 1.807) is 24.4 Å². The van der Waals surface area contributed by atoms with Gasteiger partial charge in [-0.25, -0.2) is 5.10 Å². The zero-order chi connectivity index (χ0) is 17.2. The summed E-state index contributed by atoms with van der Waals surface area (Å²) >= 11 is 5.11. The number of pyridine rings is 1. The number of aromatic nitrogens is 4. The zero-order valence-corrected chi connectivity index (χ0v) is 12.8. The first kappa shape index (κ1) is 16.1. The summed E-state index contributed by atoms with van der Waals surface area (Å²) in [6.07, 6.45) is -1.36. The van der Waals surface area contributed by atoms with Crippen LogP contribution >= 0.6 is 12.2 Å². The molecule has 1 N–H and O–H groups in total. The lowest BCUT2D eigenvalue weighted by Crippen LogP contribution is -2.04. The number of halogens is 3. The van der Waals surface area contributed by atoms with E-state index in [1.165, 1.54) is 23.0 Å². The third kappa shape index (κ3) is 3.40. The Morgan fingerprint density at radius 1 is 1.12 bits per heavy atom. The molecule has 0 unspecified atom stereocenters. The van der Waals surface area contributed by atoms with E-state index in [9.17, 15) is 13.2 Å². The molecule has 0 aliphatic rings. The second-order valence-corrected chi connectivity index (χ2v) is 5.13. The van der Waals surface area contributed by atoms with E-state index in [1.807, 2.05) is 0 Å². The third-order valence-electron chi connectivity index (χ3n) is 3.10. The minimum atomic E-state index is -4.37. The molecular formula is C15H10F3N5S. The molecule has 0 saturated heterocycles. The van der Waals surface area contributed by atoms with Gasteiger partial charge in [0.15, 0.2) is 0 Å². The Morgan fingerprint density at radius 3 is 2.50 bits per heavy atom. The minimum absolute atomic E-state index is 0.249. The summed E-state index contributed by atoms with van der Waals surface area (Å²) < 4.78 is 39.3. The molecule has 0 atom stereocenters. The Kier molecular flexibility index (Phi) is 4.26. The summed E-state index contributed by atoms with van der Waals surface area (Å²) in [5.41, 5.74) is 0.348. The fraction of sp³-hybridized carbons (Fsp3) is 0.0667. The molecular weight excluding hydrogens is 339 g/mol. The van der Waals surface area contributed by atoms with Crippen LogP contribution in [0.1, 0.15) is 11.1 Å². The van der Waals surface area contributed by atoms with E-state index in [2.05, 4.69) is 20.3 Å². The summed E-state index contributed by atoms with van der Waals surface area (Å²) in [4.78, 5) is 4.17. The molecule has 0 radical (unpaired) electrons. The average Bonchev–Trinajstić information content (AvgIpc) is 2.94. The van der Waals surface area contributed by atoms with Gasteiger partial charge in [-0.1, -0.05) is 18.2 Å². The maximum absolute atomic E-state index is 12.6. The molecule has 0 spiro atoms. The van der Waals surface area contributed by atoms with Gasteiger partial charge in [0.2, 0.25) is 10.6 Å². The highest BCUT2D eigenvalue weighted by molar-refractivity contribution is 7.71. The highest BCUT2D eigenvalue weighted by Crippen LogP contribution is 2.28. The monoisotopic (exact) mass is 349 g/mol. The van der Waals surface area contributed by atoms with Crippen molar-refractivity contribution in [3.63, 3.8) is 0 Å². The van der Waals surface area contributed by atoms with Gasteiger partial charge < -0.3 is 0 Å². The molecule has 24 heavy (non-hydrogen) atoms.